The third-order valence-electron chi connectivity index (χ3n) is 9.44. The van der Waals surface area contributed by atoms with Crippen LogP contribution in [0.25, 0.3) is 5.69 Å². The lowest BCUT2D eigenvalue weighted by Gasteiger charge is -2.40. The predicted molar refractivity (Wildman–Crippen MR) is 160 cm³/mol. The first-order valence-corrected chi connectivity index (χ1v) is 14.8. The minimum atomic E-state index is -0.924. The molecule has 1 atom stereocenters. The van der Waals surface area contributed by atoms with Gasteiger partial charge in [-0.15, -0.1) is 5.10 Å². The van der Waals surface area contributed by atoms with Gasteiger partial charge >= 0.3 is 0 Å². The van der Waals surface area contributed by atoms with Gasteiger partial charge in [0.1, 0.15) is 12.1 Å². The number of primary amides is 1. The molecule has 2 aromatic carbocycles. The number of amides is 2. The molecule has 4 heterocycles. The van der Waals surface area contributed by atoms with Crippen LogP contribution >= 0.6 is 0 Å². The summed E-state index contributed by atoms with van der Waals surface area (Å²) in [5, 5.41) is 11.2. The van der Waals surface area contributed by atoms with Gasteiger partial charge in [0.25, 0.3) is 5.91 Å². The molecule has 4 aromatic rings. The number of rotatable bonds is 9. The largest absolute Gasteiger partial charge is 0.496 e. The summed E-state index contributed by atoms with van der Waals surface area (Å²) < 4.78 is 35.5. The highest BCUT2D eigenvalue weighted by Crippen LogP contribution is 2.41. The molecule has 0 aliphatic carbocycles. The van der Waals surface area contributed by atoms with Crippen molar-refractivity contribution >= 4 is 11.8 Å². The number of piperidine rings is 1. The van der Waals surface area contributed by atoms with Gasteiger partial charge in [0.05, 0.1) is 29.5 Å². The first-order valence-electron chi connectivity index (χ1n) is 14.8. The van der Waals surface area contributed by atoms with E-state index >= 15 is 0 Å². The van der Waals surface area contributed by atoms with Crippen molar-refractivity contribution in [1.82, 2.24) is 35.0 Å². The van der Waals surface area contributed by atoms with Gasteiger partial charge in [0.2, 0.25) is 5.91 Å². The third kappa shape index (κ3) is 5.75. The first-order chi connectivity index (χ1) is 21.7. The van der Waals surface area contributed by atoms with Crippen molar-refractivity contribution < 1.29 is 23.1 Å². The number of carbonyl (C=O) groups excluding carboxylic acids is 2. The van der Waals surface area contributed by atoms with Crippen LogP contribution in [0.15, 0.2) is 67.1 Å². The molecule has 0 spiro atoms. The van der Waals surface area contributed by atoms with Gasteiger partial charge in [-0.3, -0.25) is 14.6 Å². The molecule has 2 aromatic heterocycles. The fourth-order valence-corrected chi connectivity index (χ4v) is 6.72. The average molecular weight is 617 g/mol. The zero-order chi connectivity index (χ0) is 31.6. The van der Waals surface area contributed by atoms with Gasteiger partial charge in [-0.05, 0) is 104 Å². The van der Waals surface area contributed by atoms with E-state index in [4.69, 9.17) is 10.5 Å². The fourth-order valence-electron chi connectivity index (χ4n) is 6.72. The Morgan fingerprint density at radius 2 is 1.82 bits per heavy atom. The van der Waals surface area contributed by atoms with E-state index in [0.717, 1.165) is 6.07 Å². The number of hydrogen-bond donors (Lipinski definition) is 1. The summed E-state index contributed by atoms with van der Waals surface area (Å²) in [7, 11) is 1.50. The van der Waals surface area contributed by atoms with Crippen LogP contribution in [0.2, 0.25) is 0 Å². The van der Waals surface area contributed by atoms with Gasteiger partial charge in [0, 0.05) is 24.7 Å². The molecule has 0 saturated carbocycles. The van der Waals surface area contributed by atoms with Crippen molar-refractivity contribution in [2.45, 2.75) is 36.5 Å². The monoisotopic (exact) mass is 616 g/mol. The number of hydrogen-bond acceptors (Lipinski definition) is 8. The summed E-state index contributed by atoms with van der Waals surface area (Å²) in [6, 6.07) is 14.6. The quantitative estimate of drug-likeness (QED) is 0.304. The minimum absolute atomic E-state index is 0.245. The molecule has 13 heteroatoms. The molecule has 2 saturated heterocycles. The first kappa shape index (κ1) is 30.3. The molecular formula is C32H34F2N8O3. The van der Waals surface area contributed by atoms with Crippen molar-refractivity contribution in [2.75, 3.05) is 39.8 Å². The molecule has 2 N–H and O–H groups in total. The average Bonchev–Trinajstić information content (AvgIpc) is 3.77. The summed E-state index contributed by atoms with van der Waals surface area (Å²) in [5.41, 5.74) is 6.72. The van der Waals surface area contributed by atoms with E-state index in [0.29, 0.717) is 86.7 Å². The molecular weight excluding hydrogens is 582 g/mol. The second kappa shape index (κ2) is 12.3. The molecule has 45 heavy (non-hydrogen) atoms. The lowest BCUT2D eigenvalue weighted by atomic mass is 9.73. The summed E-state index contributed by atoms with van der Waals surface area (Å²) >= 11 is 0. The summed E-state index contributed by atoms with van der Waals surface area (Å²) in [6.45, 7) is 2.60. The van der Waals surface area contributed by atoms with Crippen molar-refractivity contribution in [1.29, 1.82) is 0 Å². The molecule has 2 aliphatic heterocycles. The number of ether oxygens (including phenoxy) is 1. The topological polar surface area (TPSA) is 132 Å². The Morgan fingerprint density at radius 1 is 1.00 bits per heavy atom. The SMILES string of the molecule is COc1ccc(-n2cnnn2)cc1C(=O)N1CCC(CCN2CCC(C(N)=O)(c3ccccn3)CC2)(c2ccc(F)c(F)c2)C1. The Hall–Kier alpha value is -4.78. The third-order valence-corrected chi connectivity index (χ3v) is 9.44. The van der Waals surface area contributed by atoms with Gasteiger partial charge in [-0.1, -0.05) is 12.1 Å². The van der Waals surface area contributed by atoms with Gasteiger partial charge in [0.15, 0.2) is 11.6 Å². The van der Waals surface area contributed by atoms with E-state index in [2.05, 4.69) is 25.4 Å². The van der Waals surface area contributed by atoms with Crippen molar-refractivity contribution in [3.63, 3.8) is 0 Å². The number of nitrogens with two attached hydrogens (primary N) is 1. The highest BCUT2D eigenvalue weighted by molar-refractivity contribution is 5.98. The highest BCUT2D eigenvalue weighted by atomic mass is 19.2. The normalized spacial score (nSPS) is 19.8. The number of halogens is 2. The predicted octanol–water partition coefficient (Wildman–Crippen LogP) is 3.04. The maximum absolute atomic E-state index is 14.6. The Labute approximate surface area is 259 Å². The van der Waals surface area contributed by atoms with E-state index in [9.17, 15) is 18.4 Å². The maximum Gasteiger partial charge on any atom is 0.257 e. The van der Waals surface area contributed by atoms with Gasteiger partial charge in [-0.2, -0.15) is 0 Å². The number of likely N-dealkylation sites (tertiary alicyclic amines) is 2. The molecule has 0 bridgehead atoms. The van der Waals surface area contributed by atoms with Crippen molar-refractivity contribution in [3.05, 3.63) is 95.6 Å². The van der Waals surface area contributed by atoms with Gasteiger partial charge in [-0.25, -0.2) is 13.5 Å². The summed E-state index contributed by atoms with van der Waals surface area (Å²) in [6.07, 6.45) is 5.31. The second-order valence-corrected chi connectivity index (χ2v) is 11.8. The number of benzene rings is 2. The van der Waals surface area contributed by atoms with Crippen molar-refractivity contribution in [2.24, 2.45) is 5.73 Å². The van der Waals surface area contributed by atoms with E-state index in [1.165, 1.54) is 24.2 Å². The number of tetrazole rings is 1. The zero-order valence-corrected chi connectivity index (χ0v) is 24.9. The van der Waals surface area contributed by atoms with Crippen LogP contribution in [0.3, 0.4) is 0 Å². The van der Waals surface area contributed by atoms with E-state index in [1.54, 1.807) is 35.4 Å². The Balaban J connectivity index is 1.23. The lowest BCUT2D eigenvalue weighted by Crippen LogP contribution is -2.51. The second-order valence-electron chi connectivity index (χ2n) is 11.8. The molecule has 2 aliphatic rings. The van der Waals surface area contributed by atoms with Crippen LogP contribution in [0.4, 0.5) is 8.78 Å². The summed E-state index contributed by atoms with van der Waals surface area (Å²) in [5.74, 6) is -2.07. The van der Waals surface area contributed by atoms with E-state index < -0.39 is 22.5 Å². The number of aromatic nitrogens is 5. The van der Waals surface area contributed by atoms with Crippen molar-refractivity contribution in [3.8, 4) is 11.4 Å². The maximum atomic E-state index is 14.6. The van der Waals surface area contributed by atoms with E-state index in [-0.39, 0.29) is 11.8 Å². The molecule has 0 radical (unpaired) electrons. The molecule has 234 valence electrons. The minimum Gasteiger partial charge on any atom is -0.496 e. The molecule has 2 amide bonds. The fraction of sp³-hybridized carbons (Fsp3) is 0.375. The number of methoxy groups -OCH3 is 1. The van der Waals surface area contributed by atoms with E-state index in [1.807, 2.05) is 18.2 Å². The molecule has 2 fully saturated rings. The Bertz CT molecular complexity index is 1680. The Kier molecular flexibility index (Phi) is 8.28. The number of nitrogens with zero attached hydrogens (tertiary/aromatic N) is 7. The van der Waals surface area contributed by atoms with Crippen LogP contribution in [0, 0.1) is 11.6 Å². The molecule has 6 rings (SSSR count). The molecule has 11 nitrogen and oxygen atoms in total. The van der Waals surface area contributed by atoms with Crippen LogP contribution < -0.4 is 10.5 Å². The standard InChI is InChI=1S/C32H34F2N8O3/c1-45-27-8-6-23(42-21-37-38-39-42)19-24(27)29(43)41-17-10-31(20-41,22-5-7-25(33)26(34)18-22)9-14-40-15-11-32(12-16-40,30(35)44)28-4-2-3-13-36-28/h2-8,13,18-19,21H,9-12,14-17,20H2,1H3,(H2,35,44). The van der Waals surface area contributed by atoms with Crippen LogP contribution in [0.1, 0.15) is 47.3 Å². The highest BCUT2D eigenvalue weighted by Gasteiger charge is 2.45. The van der Waals surface area contributed by atoms with Crippen LogP contribution in [-0.4, -0.2) is 86.6 Å². The lowest BCUT2D eigenvalue weighted by molar-refractivity contribution is -0.125. The zero-order valence-electron chi connectivity index (χ0n) is 24.9. The van der Waals surface area contributed by atoms with Crippen LogP contribution in [-0.2, 0) is 15.6 Å². The number of carbonyl (C=O) groups is 2. The summed E-state index contributed by atoms with van der Waals surface area (Å²) in [4.78, 5) is 35.0. The number of pyridine rings is 1. The Morgan fingerprint density at radius 3 is 2.49 bits per heavy atom. The van der Waals surface area contributed by atoms with Crippen LogP contribution in [0.5, 0.6) is 5.75 Å². The smallest absolute Gasteiger partial charge is 0.257 e. The van der Waals surface area contributed by atoms with Gasteiger partial charge < -0.3 is 20.3 Å². The molecule has 1 unspecified atom stereocenters.